The van der Waals surface area contributed by atoms with E-state index in [0.717, 1.165) is 64.1 Å². The first-order valence-corrected chi connectivity index (χ1v) is 14.2. The molecule has 0 aliphatic heterocycles. The highest BCUT2D eigenvalue weighted by Gasteiger charge is 2.32. The monoisotopic (exact) mass is 591 g/mol. The molecule has 4 aromatic rings. The molecule has 3 aromatic carbocycles. The molecule has 1 aromatic heterocycles. The number of aromatic nitrogens is 2. The van der Waals surface area contributed by atoms with Gasteiger partial charge in [-0.1, -0.05) is 36.5 Å². The van der Waals surface area contributed by atoms with Crippen LogP contribution in [0.3, 0.4) is 0 Å². The number of alkyl halides is 3. The number of hydrogen-bond acceptors (Lipinski definition) is 3. The van der Waals surface area contributed by atoms with Gasteiger partial charge in [0, 0.05) is 18.5 Å². The molecule has 1 amide bonds. The normalized spacial score (nSPS) is 17.4. The molecular formula is C34H33F4N3O2. The Morgan fingerprint density at radius 1 is 1.07 bits per heavy atom. The van der Waals surface area contributed by atoms with E-state index in [9.17, 15) is 27.5 Å². The van der Waals surface area contributed by atoms with Crippen molar-refractivity contribution in [1.82, 2.24) is 9.55 Å². The van der Waals surface area contributed by atoms with Crippen LogP contribution in [-0.2, 0) is 18.0 Å². The van der Waals surface area contributed by atoms with Crippen LogP contribution < -0.4 is 5.32 Å². The van der Waals surface area contributed by atoms with Gasteiger partial charge < -0.3 is 15.0 Å². The maximum atomic E-state index is 14.4. The lowest BCUT2D eigenvalue weighted by Gasteiger charge is -2.29. The topological polar surface area (TPSA) is 67.2 Å². The van der Waals surface area contributed by atoms with Crippen molar-refractivity contribution in [3.63, 3.8) is 0 Å². The first-order valence-electron chi connectivity index (χ1n) is 14.2. The van der Waals surface area contributed by atoms with Gasteiger partial charge in [0.2, 0.25) is 5.91 Å². The third-order valence-corrected chi connectivity index (χ3v) is 8.03. The van der Waals surface area contributed by atoms with Crippen LogP contribution in [0.25, 0.3) is 22.2 Å². The number of nitrogens with zero attached hydrogens (tertiary/aromatic N) is 2. The zero-order valence-electron chi connectivity index (χ0n) is 24.4. The number of benzene rings is 3. The highest BCUT2D eigenvalue weighted by atomic mass is 19.4. The first kappa shape index (κ1) is 30.3. The van der Waals surface area contributed by atoms with Crippen molar-refractivity contribution < 1.29 is 27.5 Å². The van der Waals surface area contributed by atoms with E-state index in [2.05, 4.69) is 22.1 Å². The maximum Gasteiger partial charge on any atom is 0.416 e. The fourth-order valence-corrected chi connectivity index (χ4v) is 5.64. The fraction of sp³-hybridized carbons (Fsp3) is 0.353. The van der Waals surface area contributed by atoms with Gasteiger partial charge in [-0.05, 0) is 99.0 Å². The second-order valence-electron chi connectivity index (χ2n) is 11.8. The highest BCUT2D eigenvalue weighted by molar-refractivity contribution is 5.93. The van der Waals surface area contributed by atoms with E-state index in [0.29, 0.717) is 18.9 Å². The molecule has 2 atom stereocenters. The summed E-state index contributed by atoms with van der Waals surface area (Å²) in [6, 6.07) is 14.2. The van der Waals surface area contributed by atoms with E-state index >= 15 is 0 Å². The third-order valence-electron chi connectivity index (χ3n) is 8.03. The van der Waals surface area contributed by atoms with Crippen molar-refractivity contribution in [3.05, 3.63) is 82.9 Å². The van der Waals surface area contributed by atoms with E-state index < -0.39 is 35.0 Å². The molecule has 2 unspecified atom stereocenters. The van der Waals surface area contributed by atoms with E-state index in [4.69, 9.17) is 0 Å². The SMILES string of the molecule is Cc1nc2cc(-c3ccc(C4CCCC(C(=O)Nc5ccc(C(F)(F)F)cc5F)C4)cc3C#CC(C)(C)O)ccc2n1C. The number of anilines is 1. The van der Waals surface area contributed by atoms with Gasteiger partial charge in [0.05, 0.1) is 22.3 Å². The van der Waals surface area contributed by atoms with E-state index in [1.807, 2.05) is 54.9 Å². The molecule has 43 heavy (non-hydrogen) atoms. The number of carbonyl (C=O) groups is 1. The summed E-state index contributed by atoms with van der Waals surface area (Å²) in [6.45, 7) is 5.19. The van der Waals surface area contributed by atoms with Crippen LogP contribution in [0.5, 0.6) is 0 Å². The quantitative estimate of drug-likeness (QED) is 0.189. The Balaban J connectivity index is 1.41. The zero-order chi connectivity index (χ0) is 31.1. The molecule has 0 radical (unpaired) electrons. The van der Waals surface area contributed by atoms with Gasteiger partial charge in [-0.2, -0.15) is 13.2 Å². The molecule has 1 aliphatic carbocycles. The van der Waals surface area contributed by atoms with Crippen LogP contribution in [0.2, 0.25) is 0 Å². The fourth-order valence-electron chi connectivity index (χ4n) is 5.64. The van der Waals surface area contributed by atoms with Crippen LogP contribution in [0, 0.1) is 30.5 Å². The lowest BCUT2D eigenvalue weighted by atomic mass is 9.77. The minimum absolute atomic E-state index is 0.0274. The summed E-state index contributed by atoms with van der Waals surface area (Å²) in [5.74, 6) is 5.04. The summed E-state index contributed by atoms with van der Waals surface area (Å²) in [5.41, 5.74) is 2.89. The van der Waals surface area contributed by atoms with Crippen molar-refractivity contribution in [2.45, 2.75) is 64.1 Å². The molecule has 1 saturated carbocycles. The van der Waals surface area contributed by atoms with Gasteiger partial charge in [-0.25, -0.2) is 9.37 Å². The highest BCUT2D eigenvalue weighted by Crippen LogP contribution is 2.39. The Morgan fingerprint density at radius 3 is 2.53 bits per heavy atom. The van der Waals surface area contributed by atoms with Gasteiger partial charge >= 0.3 is 6.18 Å². The number of aliphatic hydroxyl groups is 1. The number of nitrogens with one attached hydrogen (secondary N) is 1. The number of fused-ring (bicyclic) bond motifs is 1. The van der Waals surface area contributed by atoms with E-state index in [1.165, 1.54) is 0 Å². The van der Waals surface area contributed by atoms with Crippen LogP contribution >= 0.6 is 0 Å². The second-order valence-corrected chi connectivity index (χ2v) is 11.8. The Labute approximate surface area is 248 Å². The minimum Gasteiger partial charge on any atom is -0.378 e. The zero-order valence-corrected chi connectivity index (χ0v) is 24.4. The number of rotatable bonds is 4. The summed E-state index contributed by atoms with van der Waals surface area (Å²) in [5, 5.41) is 12.8. The number of carbonyl (C=O) groups excluding carboxylic acids is 1. The summed E-state index contributed by atoms with van der Waals surface area (Å²) >= 11 is 0. The first-order chi connectivity index (χ1) is 20.2. The standard InChI is InChI=1S/C34H33F4N3O2/c1-20-39-30-18-23(9-13-31(30)41(20)4)27-11-8-22(16-24(27)14-15-33(2,3)43)21-6-5-7-25(17-21)32(42)40-29-12-10-26(19-28(29)35)34(36,37)38/h8-13,16,18-19,21,25,43H,5-7,17H2,1-4H3,(H,40,42). The minimum atomic E-state index is -4.67. The predicted octanol–water partition coefficient (Wildman–Crippen LogP) is 7.74. The van der Waals surface area contributed by atoms with E-state index in [1.54, 1.807) is 13.8 Å². The lowest BCUT2D eigenvalue weighted by molar-refractivity contribution is -0.137. The van der Waals surface area contributed by atoms with Gasteiger partial charge in [0.25, 0.3) is 0 Å². The van der Waals surface area contributed by atoms with Gasteiger partial charge in [0.15, 0.2) is 0 Å². The molecule has 5 rings (SSSR count). The molecule has 5 nitrogen and oxygen atoms in total. The Hall–Kier alpha value is -4.16. The summed E-state index contributed by atoms with van der Waals surface area (Å²) in [6.07, 6.45) is -1.96. The molecule has 9 heteroatoms. The molecular weight excluding hydrogens is 558 g/mol. The van der Waals surface area contributed by atoms with Crippen molar-refractivity contribution in [2.75, 3.05) is 5.32 Å². The Morgan fingerprint density at radius 2 is 1.84 bits per heavy atom. The summed E-state index contributed by atoms with van der Waals surface area (Å²) < 4.78 is 55.1. The maximum absolute atomic E-state index is 14.4. The van der Waals surface area contributed by atoms with Crippen LogP contribution in [0.4, 0.5) is 23.2 Å². The Kier molecular flexibility index (Phi) is 8.10. The molecule has 2 N–H and O–H groups in total. The number of imidazole rings is 1. The van der Waals surface area contributed by atoms with Gasteiger partial charge in [-0.3, -0.25) is 4.79 Å². The third kappa shape index (κ3) is 6.75. The second kappa shape index (κ2) is 11.5. The van der Waals surface area contributed by atoms with Crippen LogP contribution in [-0.4, -0.2) is 26.2 Å². The molecule has 1 fully saturated rings. The van der Waals surface area contributed by atoms with Crippen molar-refractivity contribution in [3.8, 4) is 23.0 Å². The van der Waals surface area contributed by atoms with Crippen molar-refractivity contribution in [1.29, 1.82) is 0 Å². The molecule has 0 spiro atoms. The predicted molar refractivity (Wildman–Crippen MR) is 159 cm³/mol. The molecule has 0 bridgehead atoms. The lowest BCUT2D eigenvalue weighted by Crippen LogP contribution is -2.28. The summed E-state index contributed by atoms with van der Waals surface area (Å²) in [4.78, 5) is 17.7. The average Bonchev–Trinajstić information content (AvgIpc) is 3.24. The van der Waals surface area contributed by atoms with Crippen LogP contribution in [0.15, 0.2) is 54.6 Å². The van der Waals surface area contributed by atoms with Crippen LogP contribution in [0.1, 0.15) is 68.0 Å². The molecule has 1 heterocycles. The number of amides is 1. The van der Waals surface area contributed by atoms with Gasteiger partial charge in [-0.15, -0.1) is 0 Å². The smallest absolute Gasteiger partial charge is 0.378 e. The largest absolute Gasteiger partial charge is 0.416 e. The van der Waals surface area contributed by atoms with Gasteiger partial charge in [0.1, 0.15) is 17.2 Å². The number of aryl methyl sites for hydroxylation is 2. The molecule has 224 valence electrons. The summed E-state index contributed by atoms with van der Waals surface area (Å²) in [7, 11) is 1.97. The van der Waals surface area contributed by atoms with E-state index in [-0.39, 0.29) is 11.6 Å². The number of halogens is 4. The molecule has 0 saturated heterocycles. The Bertz CT molecular complexity index is 1760. The average molecular weight is 592 g/mol. The number of hydrogen-bond donors (Lipinski definition) is 2. The molecule has 1 aliphatic rings. The van der Waals surface area contributed by atoms with Crippen molar-refractivity contribution >= 4 is 22.6 Å². The van der Waals surface area contributed by atoms with Crippen molar-refractivity contribution in [2.24, 2.45) is 13.0 Å².